The monoisotopic (exact) mass is 787 g/mol. The van der Waals surface area contributed by atoms with Gasteiger partial charge in [0.1, 0.15) is 29.4 Å². The van der Waals surface area contributed by atoms with E-state index in [1.165, 1.54) is 18.7 Å². The fraction of sp³-hybridized carbons (Fsp3) is 0.512. The Morgan fingerprint density at radius 1 is 1.14 bits per heavy atom. The number of ether oxygens (including phenoxy) is 5. The first-order valence-corrected chi connectivity index (χ1v) is 19.9. The number of aliphatic hydroxyl groups is 3. The van der Waals surface area contributed by atoms with Gasteiger partial charge in [0, 0.05) is 59.2 Å². The molecular formula is C41H45N3O11S. The molecule has 1 spiro atoms. The number of esters is 2. The van der Waals surface area contributed by atoms with Crippen LogP contribution in [0, 0.1) is 18.3 Å². The van der Waals surface area contributed by atoms with E-state index in [9.17, 15) is 20.1 Å². The van der Waals surface area contributed by atoms with Gasteiger partial charge in [-0.05, 0) is 51.3 Å². The van der Waals surface area contributed by atoms with Crippen LogP contribution in [-0.4, -0.2) is 102 Å². The Balaban J connectivity index is 1.31. The zero-order chi connectivity index (χ0) is 39.2. The Kier molecular flexibility index (Phi) is 7.82. The first kappa shape index (κ1) is 36.1. The summed E-state index contributed by atoms with van der Waals surface area (Å²) in [7, 11) is 3.49. The van der Waals surface area contributed by atoms with Crippen LogP contribution in [0.3, 0.4) is 0 Å². The number of piperazine rings is 1. The largest absolute Gasteiger partial charge is 0.508 e. The van der Waals surface area contributed by atoms with Gasteiger partial charge in [0.2, 0.25) is 11.7 Å². The molecule has 4 N–H and O–H groups in total. The van der Waals surface area contributed by atoms with Crippen LogP contribution < -0.4 is 19.5 Å². The molecule has 56 heavy (non-hydrogen) atoms. The van der Waals surface area contributed by atoms with Gasteiger partial charge in [0.15, 0.2) is 23.0 Å². The van der Waals surface area contributed by atoms with E-state index in [1.807, 2.05) is 52.1 Å². The molecule has 4 saturated heterocycles. The minimum Gasteiger partial charge on any atom is -0.508 e. The lowest BCUT2D eigenvalue weighted by Crippen LogP contribution is -2.73. The number of hydrogen-bond acceptors (Lipinski definition) is 15. The van der Waals surface area contributed by atoms with Crippen molar-refractivity contribution in [2.75, 3.05) is 40.7 Å². The van der Waals surface area contributed by atoms with E-state index in [2.05, 4.69) is 21.2 Å². The number of nitrogens with one attached hydrogen (secondary N) is 1. The fourth-order valence-electron chi connectivity index (χ4n) is 11.3. The highest BCUT2D eigenvalue weighted by atomic mass is 32.2. The maximum Gasteiger partial charge on any atom is 0.345 e. The molecule has 15 heteroatoms. The number of nitrogens with zero attached hydrogens (tertiary/aromatic N) is 2. The van der Waals surface area contributed by atoms with E-state index in [-0.39, 0.29) is 50.4 Å². The third-order valence-corrected chi connectivity index (χ3v) is 15.0. The van der Waals surface area contributed by atoms with E-state index < -0.39 is 57.4 Å². The number of rotatable bonds is 3. The van der Waals surface area contributed by atoms with Crippen LogP contribution in [0.2, 0.25) is 0 Å². The number of methoxy groups -OCH3 is 1. The molecule has 2 aromatic carbocycles. The summed E-state index contributed by atoms with van der Waals surface area (Å²) in [5.41, 5.74) is 1.34. The molecule has 1 aliphatic carbocycles. The minimum absolute atomic E-state index is 0.0775. The molecule has 1 aromatic heterocycles. The third kappa shape index (κ3) is 4.52. The summed E-state index contributed by atoms with van der Waals surface area (Å²) in [5, 5.41) is 40.1. The molecule has 0 radical (unpaired) electrons. The number of allylic oxidation sites excluding steroid dienone is 2. The van der Waals surface area contributed by atoms with Crippen molar-refractivity contribution in [1.82, 2.24) is 15.1 Å². The van der Waals surface area contributed by atoms with Gasteiger partial charge < -0.3 is 43.4 Å². The van der Waals surface area contributed by atoms with Crippen molar-refractivity contribution in [2.45, 2.75) is 80.5 Å². The number of furan rings is 1. The second-order valence-corrected chi connectivity index (χ2v) is 17.8. The van der Waals surface area contributed by atoms with E-state index in [0.29, 0.717) is 51.7 Å². The molecule has 8 aliphatic heterocycles. The fourth-order valence-corrected chi connectivity index (χ4v) is 13.2. The van der Waals surface area contributed by atoms with E-state index in [1.54, 1.807) is 7.11 Å². The number of hydrogen-bond donors (Lipinski definition) is 4. The predicted molar refractivity (Wildman–Crippen MR) is 202 cm³/mol. The summed E-state index contributed by atoms with van der Waals surface area (Å²) in [6, 6.07) is 5.00. The molecule has 14 nitrogen and oxygen atoms in total. The van der Waals surface area contributed by atoms with Gasteiger partial charge in [-0.1, -0.05) is 31.2 Å². The number of carbonyl (C=O) groups excluding carboxylic acids is 2. The van der Waals surface area contributed by atoms with Crippen LogP contribution in [0.15, 0.2) is 51.9 Å². The van der Waals surface area contributed by atoms with Gasteiger partial charge in [-0.25, -0.2) is 4.79 Å². The van der Waals surface area contributed by atoms with Crippen molar-refractivity contribution in [3.63, 3.8) is 0 Å². The van der Waals surface area contributed by atoms with Crippen molar-refractivity contribution in [2.24, 2.45) is 11.3 Å². The first-order chi connectivity index (χ1) is 26.8. The average molecular weight is 788 g/mol. The van der Waals surface area contributed by atoms with Gasteiger partial charge in [-0.2, -0.15) is 0 Å². The number of benzene rings is 2. The third-order valence-electron chi connectivity index (χ3n) is 13.4. The zero-order valence-corrected chi connectivity index (χ0v) is 32.8. The first-order valence-electron chi connectivity index (χ1n) is 19.0. The van der Waals surface area contributed by atoms with Crippen molar-refractivity contribution < 1.29 is 53.0 Å². The van der Waals surface area contributed by atoms with Crippen LogP contribution in [0.4, 0.5) is 0 Å². The molecule has 6 unspecified atom stereocenters. The minimum atomic E-state index is -1.73. The van der Waals surface area contributed by atoms with Crippen LogP contribution in [0.25, 0.3) is 11.0 Å². The summed E-state index contributed by atoms with van der Waals surface area (Å²) in [4.78, 5) is 30.6. The smallest absolute Gasteiger partial charge is 0.345 e. The molecule has 9 heterocycles. The molecule has 9 aliphatic rings. The number of thioether (sulfide) groups is 1. The van der Waals surface area contributed by atoms with Gasteiger partial charge in [-0.3, -0.25) is 19.9 Å². The standard InChI is InChI=1S/C41H45N3O11S/c1-18-11-21-13-40(49)16-43(5)35(39(21,4)36(47)30(18)50-6)29-34-28-27(33-32(52-17-53-33)19(2)31(28)54-20(3)46)25(44(29)40)15-51-38(48)41(56-34)37-24(12-22(14-45)42-41)23-9-7-8-10-26(23)55-37/h7-11,21-22,25,29,34-35,42,45,47,49H,12-17H2,1-6H3/t21?,22-,25?,29-,34+,35?,39?,40?,41-/m0/s1. The lowest BCUT2D eigenvalue weighted by Gasteiger charge is -2.61. The second-order valence-electron chi connectivity index (χ2n) is 16.5. The predicted octanol–water partition coefficient (Wildman–Crippen LogP) is 4.22. The van der Waals surface area contributed by atoms with Crippen molar-refractivity contribution in [3.05, 3.63) is 75.4 Å². The summed E-state index contributed by atoms with van der Waals surface area (Å²) in [6.45, 7) is 6.70. The topological polar surface area (TPSA) is 173 Å². The van der Waals surface area contributed by atoms with Crippen LogP contribution in [0.1, 0.15) is 66.5 Å². The molecule has 4 fully saturated rings. The maximum atomic E-state index is 15.1. The zero-order valence-electron chi connectivity index (χ0n) is 32.0. The van der Waals surface area contributed by atoms with Crippen LogP contribution in [0.5, 0.6) is 17.2 Å². The number of likely N-dealkylation sites (N-methyl/N-ethyl adjacent to an activating group) is 1. The number of para-hydroxylation sites is 1. The summed E-state index contributed by atoms with van der Waals surface area (Å²) < 4.78 is 37.5. The maximum absolute atomic E-state index is 15.1. The summed E-state index contributed by atoms with van der Waals surface area (Å²) >= 11 is 1.24. The van der Waals surface area contributed by atoms with Crippen molar-refractivity contribution >= 4 is 34.7 Å². The number of fused-ring (bicyclic) bond motifs is 7. The van der Waals surface area contributed by atoms with Gasteiger partial charge in [0.05, 0.1) is 30.4 Å². The Labute approximate surface area is 327 Å². The second kappa shape index (κ2) is 12.1. The molecule has 0 saturated carbocycles. The Hall–Kier alpha value is -4.25. The molecule has 296 valence electrons. The van der Waals surface area contributed by atoms with E-state index in [4.69, 9.17) is 28.1 Å². The van der Waals surface area contributed by atoms with Gasteiger partial charge >= 0.3 is 11.9 Å². The summed E-state index contributed by atoms with van der Waals surface area (Å²) in [6.07, 6.45) is 2.72. The average Bonchev–Trinajstić information content (AvgIpc) is 3.78. The lowest BCUT2D eigenvalue weighted by molar-refractivity contribution is -0.214. The van der Waals surface area contributed by atoms with Crippen molar-refractivity contribution in [3.8, 4) is 17.2 Å². The van der Waals surface area contributed by atoms with Crippen LogP contribution >= 0.6 is 11.8 Å². The van der Waals surface area contributed by atoms with E-state index in [0.717, 1.165) is 16.5 Å². The highest BCUT2D eigenvalue weighted by molar-refractivity contribution is 8.01. The molecule has 0 amide bonds. The highest BCUT2D eigenvalue weighted by Gasteiger charge is 2.70. The molecule has 4 bridgehead atoms. The van der Waals surface area contributed by atoms with Crippen LogP contribution in [-0.2, 0) is 30.4 Å². The Morgan fingerprint density at radius 2 is 1.91 bits per heavy atom. The molecule has 12 rings (SSSR count). The number of aliphatic hydroxyl groups excluding tert-OH is 2. The quantitative estimate of drug-likeness (QED) is 0.220. The Bertz CT molecular complexity index is 2310. The molecular weight excluding hydrogens is 743 g/mol. The number of carbonyl (C=O) groups is 2. The van der Waals surface area contributed by atoms with Gasteiger partial charge in [0.25, 0.3) is 0 Å². The van der Waals surface area contributed by atoms with Crippen molar-refractivity contribution in [1.29, 1.82) is 0 Å². The highest BCUT2D eigenvalue weighted by Crippen LogP contribution is 2.68. The molecule has 10 atom stereocenters. The molecule has 3 aromatic rings. The normalized spacial score (nSPS) is 36.8. The Morgan fingerprint density at radius 3 is 2.66 bits per heavy atom. The summed E-state index contributed by atoms with van der Waals surface area (Å²) in [5.74, 6) is 0.425. The lowest BCUT2D eigenvalue weighted by atomic mass is 9.63. The SMILES string of the molecule is COC1=C(O)C2(C)C(C=C1C)CC1(O)CN(C)C2[C@@H]2[C@@H]3S[C@]4(N[C@H](CO)Cc5c4oc4ccccc54)C(=O)OCC(c4c5c(c(C)c(OC(C)=O)c43)OCO5)N21. The van der Waals surface area contributed by atoms with Gasteiger partial charge in [-0.15, -0.1) is 11.8 Å². The van der Waals surface area contributed by atoms with E-state index >= 15 is 4.79 Å².